The average Bonchev–Trinajstić information content (AvgIpc) is 3.06. The fraction of sp³-hybridized carbons (Fsp3) is 0.333. The fourth-order valence-electron chi connectivity index (χ4n) is 2.03. The van der Waals surface area contributed by atoms with Crippen LogP contribution in [0.25, 0.3) is 16.9 Å². The molecule has 3 aromatic heterocycles. The lowest BCUT2D eigenvalue weighted by Gasteiger charge is -2.09. The van der Waals surface area contributed by atoms with E-state index in [0.29, 0.717) is 5.95 Å². The predicted molar refractivity (Wildman–Crippen MR) is 72.3 cm³/mol. The topological polar surface area (TPSA) is 84.3 Å². The summed E-state index contributed by atoms with van der Waals surface area (Å²) in [6.07, 6.45) is 6.26. The SMILES string of the molecule is CCNc1nc(-n2ccnc2CC)c2cn[nH]c2n1. The molecule has 0 aliphatic rings. The van der Waals surface area contributed by atoms with E-state index in [0.717, 1.165) is 35.6 Å². The Kier molecular flexibility index (Phi) is 2.86. The van der Waals surface area contributed by atoms with Crippen molar-refractivity contribution in [2.45, 2.75) is 20.3 Å². The first kappa shape index (κ1) is 11.6. The summed E-state index contributed by atoms with van der Waals surface area (Å²) in [6, 6.07) is 0. The Morgan fingerprint density at radius 3 is 3.00 bits per heavy atom. The third-order valence-electron chi connectivity index (χ3n) is 2.89. The molecular weight excluding hydrogens is 242 g/mol. The Balaban J connectivity index is 2.23. The third kappa shape index (κ3) is 1.92. The van der Waals surface area contributed by atoms with Crippen LogP contribution in [0.4, 0.5) is 5.95 Å². The molecule has 0 saturated carbocycles. The maximum Gasteiger partial charge on any atom is 0.226 e. The van der Waals surface area contributed by atoms with E-state index < -0.39 is 0 Å². The summed E-state index contributed by atoms with van der Waals surface area (Å²) in [7, 11) is 0. The monoisotopic (exact) mass is 257 g/mol. The highest BCUT2D eigenvalue weighted by Gasteiger charge is 2.13. The molecule has 0 bridgehead atoms. The summed E-state index contributed by atoms with van der Waals surface area (Å²) in [5, 5.41) is 10.9. The van der Waals surface area contributed by atoms with Gasteiger partial charge in [0, 0.05) is 25.4 Å². The molecule has 7 heteroatoms. The van der Waals surface area contributed by atoms with Gasteiger partial charge in [-0.1, -0.05) is 6.92 Å². The van der Waals surface area contributed by atoms with Crippen molar-refractivity contribution < 1.29 is 0 Å². The number of rotatable bonds is 4. The number of H-pyrrole nitrogens is 1. The van der Waals surface area contributed by atoms with Gasteiger partial charge in [0.2, 0.25) is 5.95 Å². The van der Waals surface area contributed by atoms with Crippen LogP contribution in [0.3, 0.4) is 0 Å². The Morgan fingerprint density at radius 1 is 1.32 bits per heavy atom. The minimum Gasteiger partial charge on any atom is -0.354 e. The summed E-state index contributed by atoms with van der Waals surface area (Å²) in [4.78, 5) is 13.3. The number of nitrogens with zero attached hydrogens (tertiary/aromatic N) is 5. The van der Waals surface area contributed by atoms with Crippen molar-refractivity contribution in [2.75, 3.05) is 11.9 Å². The highest BCUT2D eigenvalue weighted by Crippen LogP contribution is 2.20. The van der Waals surface area contributed by atoms with Crippen LogP contribution in [-0.4, -0.2) is 36.3 Å². The van der Waals surface area contributed by atoms with E-state index in [4.69, 9.17) is 0 Å². The largest absolute Gasteiger partial charge is 0.354 e. The number of imidazole rings is 1. The van der Waals surface area contributed by atoms with Crippen LogP contribution in [-0.2, 0) is 6.42 Å². The van der Waals surface area contributed by atoms with Gasteiger partial charge in [-0.3, -0.25) is 9.67 Å². The lowest BCUT2D eigenvalue weighted by molar-refractivity contribution is 0.870. The lowest BCUT2D eigenvalue weighted by atomic mass is 10.3. The first-order valence-electron chi connectivity index (χ1n) is 6.31. The molecule has 0 saturated heterocycles. The second kappa shape index (κ2) is 4.68. The smallest absolute Gasteiger partial charge is 0.226 e. The molecule has 0 spiro atoms. The number of aromatic nitrogens is 6. The van der Waals surface area contributed by atoms with Crippen molar-refractivity contribution in [1.82, 2.24) is 29.7 Å². The van der Waals surface area contributed by atoms with E-state index in [1.807, 2.05) is 17.7 Å². The van der Waals surface area contributed by atoms with Gasteiger partial charge < -0.3 is 5.32 Å². The summed E-state index contributed by atoms with van der Waals surface area (Å²) in [5.74, 6) is 2.35. The van der Waals surface area contributed by atoms with E-state index in [2.05, 4.69) is 37.4 Å². The Hall–Kier alpha value is -2.44. The highest BCUT2D eigenvalue weighted by molar-refractivity contribution is 5.82. The van der Waals surface area contributed by atoms with Gasteiger partial charge in [0.15, 0.2) is 11.5 Å². The second-order valence-corrected chi connectivity index (χ2v) is 4.10. The van der Waals surface area contributed by atoms with Gasteiger partial charge in [-0.15, -0.1) is 0 Å². The van der Waals surface area contributed by atoms with Crippen molar-refractivity contribution in [3.63, 3.8) is 0 Å². The lowest BCUT2D eigenvalue weighted by Crippen LogP contribution is -2.08. The van der Waals surface area contributed by atoms with E-state index in [1.54, 1.807) is 12.4 Å². The molecule has 0 aliphatic carbocycles. The van der Waals surface area contributed by atoms with Gasteiger partial charge in [0.05, 0.1) is 11.6 Å². The first-order chi connectivity index (χ1) is 9.33. The first-order valence-corrected chi connectivity index (χ1v) is 6.31. The predicted octanol–water partition coefficient (Wildman–Crippen LogP) is 1.53. The molecule has 0 atom stereocenters. The molecule has 7 nitrogen and oxygen atoms in total. The van der Waals surface area contributed by atoms with Crippen molar-refractivity contribution in [3.8, 4) is 5.82 Å². The maximum absolute atomic E-state index is 4.55. The van der Waals surface area contributed by atoms with Crippen molar-refractivity contribution in [2.24, 2.45) is 0 Å². The maximum atomic E-state index is 4.55. The number of aromatic amines is 1. The van der Waals surface area contributed by atoms with E-state index in [1.165, 1.54) is 0 Å². The van der Waals surface area contributed by atoms with Gasteiger partial charge >= 0.3 is 0 Å². The molecule has 19 heavy (non-hydrogen) atoms. The minimum atomic E-state index is 0.588. The van der Waals surface area contributed by atoms with Crippen molar-refractivity contribution >= 4 is 17.0 Å². The third-order valence-corrected chi connectivity index (χ3v) is 2.89. The van der Waals surface area contributed by atoms with Crippen LogP contribution in [0, 0.1) is 0 Å². The second-order valence-electron chi connectivity index (χ2n) is 4.10. The fourth-order valence-corrected chi connectivity index (χ4v) is 2.03. The Labute approximate surface area is 110 Å². The van der Waals surface area contributed by atoms with E-state index >= 15 is 0 Å². The molecule has 98 valence electrons. The summed E-state index contributed by atoms with van der Waals surface area (Å²) < 4.78 is 1.97. The number of hydrogen-bond donors (Lipinski definition) is 2. The molecular formula is C12H15N7. The molecule has 0 radical (unpaired) electrons. The molecule has 0 aromatic carbocycles. The molecule has 3 rings (SSSR count). The van der Waals surface area contributed by atoms with Crippen LogP contribution in [0.1, 0.15) is 19.7 Å². The zero-order valence-electron chi connectivity index (χ0n) is 10.9. The number of aryl methyl sites for hydroxylation is 1. The van der Waals surface area contributed by atoms with E-state index in [9.17, 15) is 0 Å². The number of hydrogen-bond acceptors (Lipinski definition) is 5. The average molecular weight is 257 g/mol. The molecule has 2 N–H and O–H groups in total. The van der Waals surface area contributed by atoms with Crippen LogP contribution in [0.5, 0.6) is 0 Å². The normalized spacial score (nSPS) is 11.1. The van der Waals surface area contributed by atoms with Crippen LogP contribution < -0.4 is 5.32 Å². The number of fused-ring (bicyclic) bond motifs is 1. The van der Waals surface area contributed by atoms with Crippen LogP contribution in [0.15, 0.2) is 18.6 Å². The molecule has 0 amide bonds. The molecule has 3 aromatic rings. The van der Waals surface area contributed by atoms with Gasteiger partial charge in [-0.05, 0) is 6.92 Å². The van der Waals surface area contributed by atoms with Gasteiger partial charge in [-0.25, -0.2) is 4.98 Å². The Bertz CT molecular complexity index is 697. The Morgan fingerprint density at radius 2 is 2.21 bits per heavy atom. The molecule has 0 unspecified atom stereocenters. The molecule has 0 fully saturated rings. The minimum absolute atomic E-state index is 0.588. The molecule has 0 aliphatic heterocycles. The number of nitrogens with one attached hydrogen (secondary N) is 2. The van der Waals surface area contributed by atoms with Crippen LogP contribution >= 0.6 is 0 Å². The summed E-state index contributed by atoms with van der Waals surface area (Å²) >= 11 is 0. The quantitative estimate of drug-likeness (QED) is 0.740. The number of anilines is 1. The van der Waals surface area contributed by atoms with Crippen molar-refractivity contribution in [1.29, 1.82) is 0 Å². The van der Waals surface area contributed by atoms with E-state index in [-0.39, 0.29) is 0 Å². The van der Waals surface area contributed by atoms with Gasteiger partial charge in [0.25, 0.3) is 0 Å². The summed E-state index contributed by atoms with van der Waals surface area (Å²) in [6.45, 7) is 4.84. The zero-order chi connectivity index (χ0) is 13.2. The standard InChI is InChI=1S/C12H15N7/c1-3-9-14-5-6-19(9)11-8-7-15-18-10(8)16-12(17-11)13-4-2/h5-7H,3-4H2,1-2H3,(H2,13,15,16,17,18). The van der Waals surface area contributed by atoms with Crippen molar-refractivity contribution in [3.05, 3.63) is 24.4 Å². The summed E-state index contributed by atoms with van der Waals surface area (Å²) in [5.41, 5.74) is 0.719. The zero-order valence-corrected chi connectivity index (χ0v) is 10.9. The molecule has 3 heterocycles. The van der Waals surface area contributed by atoms with Gasteiger partial charge in [0.1, 0.15) is 5.82 Å². The van der Waals surface area contributed by atoms with Crippen LogP contribution in [0.2, 0.25) is 0 Å². The highest BCUT2D eigenvalue weighted by atomic mass is 15.2. The van der Waals surface area contributed by atoms with Gasteiger partial charge in [-0.2, -0.15) is 15.1 Å².